The third-order valence-electron chi connectivity index (χ3n) is 4.15. The standard InChI is InChI=1S/C20H19F2N3O2S2/c1-12-19(29(3,23)27)28-20(24-12)25(2)18(26)10-13-4-6-14(7-5-13)16-11-15(21)8-9-17(16)22/h4-9,11,23H,10H2,1-3H3/i1D3. The van der Waals surface area contributed by atoms with E-state index in [2.05, 4.69) is 4.98 Å². The number of rotatable bonds is 5. The van der Waals surface area contributed by atoms with Crippen LogP contribution in [0.3, 0.4) is 0 Å². The number of nitrogens with zero attached hydrogens (tertiary/aromatic N) is 2. The number of amides is 1. The lowest BCUT2D eigenvalue weighted by Gasteiger charge is -2.14. The Morgan fingerprint density at radius 3 is 2.55 bits per heavy atom. The maximum absolute atomic E-state index is 14.0. The molecule has 0 aliphatic heterocycles. The van der Waals surface area contributed by atoms with Gasteiger partial charge >= 0.3 is 0 Å². The number of thiazole rings is 1. The smallest absolute Gasteiger partial charge is 0.232 e. The fraction of sp³-hybridized carbons (Fsp3) is 0.200. The van der Waals surface area contributed by atoms with Crippen LogP contribution in [0.2, 0.25) is 0 Å². The van der Waals surface area contributed by atoms with E-state index in [4.69, 9.17) is 8.89 Å². The maximum Gasteiger partial charge on any atom is 0.232 e. The van der Waals surface area contributed by atoms with Crippen molar-refractivity contribution in [1.29, 1.82) is 4.78 Å². The Bertz CT molecular complexity index is 1270. The summed E-state index contributed by atoms with van der Waals surface area (Å²) < 4.78 is 69.8. The number of halogens is 2. The number of hydrogen-bond donors (Lipinski definition) is 1. The molecule has 0 fully saturated rings. The molecule has 2 aromatic carbocycles. The molecule has 0 saturated carbocycles. The van der Waals surface area contributed by atoms with Crippen molar-refractivity contribution in [3.63, 3.8) is 0 Å². The number of likely N-dealkylation sites (N-methyl/N-ethyl adjacent to an activating group) is 1. The van der Waals surface area contributed by atoms with Crippen LogP contribution >= 0.6 is 11.3 Å². The molecule has 0 bridgehead atoms. The second kappa shape index (κ2) is 8.00. The lowest BCUT2D eigenvalue weighted by molar-refractivity contribution is -0.117. The van der Waals surface area contributed by atoms with Gasteiger partial charge in [-0.15, -0.1) is 0 Å². The molecule has 1 N–H and O–H groups in total. The predicted octanol–water partition coefficient (Wildman–Crippen LogP) is 4.64. The molecule has 0 spiro atoms. The number of nitrogens with one attached hydrogen (secondary N) is 1. The topological polar surface area (TPSA) is 74.1 Å². The zero-order chi connectivity index (χ0) is 23.8. The van der Waals surface area contributed by atoms with Gasteiger partial charge in [0.2, 0.25) is 5.91 Å². The van der Waals surface area contributed by atoms with Crippen LogP contribution in [0.25, 0.3) is 11.1 Å². The molecule has 152 valence electrons. The quantitative estimate of drug-likeness (QED) is 0.631. The average molecular weight is 439 g/mol. The van der Waals surface area contributed by atoms with Crippen LogP contribution in [-0.4, -0.2) is 28.4 Å². The van der Waals surface area contributed by atoms with E-state index in [0.29, 0.717) is 11.1 Å². The van der Waals surface area contributed by atoms with Crippen LogP contribution in [0, 0.1) is 23.3 Å². The van der Waals surface area contributed by atoms with Crippen molar-refractivity contribution < 1.29 is 21.9 Å². The Balaban J connectivity index is 1.82. The molecule has 1 atom stereocenters. The number of aromatic nitrogens is 1. The van der Waals surface area contributed by atoms with Crippen molar-refractivity contribution in [2.45, 2.75) is 17.5 Å². The number of carbonyl (C=O) groups is 1. The SMILES string of the molecule is [2H]C([2H])([2H])c1nc(N(C)C(=O)Cc2ccc(-c3cc(F)ccc3F)cc2)sc1S(C)(=N)=O. The second-order valence-corrected chi connectivity index (χ2v) is 9.76. The highest BCUT2D eigenvalue weighted by Gasteiger charge is 2.20. The molecular weight excluding hydrogens is 416 g/mol. The normalized spacial score (nSPS) is 15.1. The molecule has 1 heterocycles. The Morgan fingerprint density at radius 2 is 1.97 bits per heavy atom. The monoisotopic (exact) mass is 438 g/mol. The Kier molecular flexibility index (Phi) is 4.75. The zero-order valence-corrected chi connectivity index (χ0v) is 17.2. The van der Waals surface area contributed by atoms with Crippen LogP contribution < -0.4 is 4.90 Å². The van der Waals surface area contributed by atoms with Gasteiger partial charge in [-0.25, -0.2) is 22.8 Å². The van der Waals surface area contributed by atoms with Crippen molar-refractivity contribution in [2.24, 2.45) is 0 Å². The van der Waals surface area contributed by atoms with E-state index >= 15 is 0 Å². The van der Waals surface area contributed by atoms with Gasteiger partial charge in [0.1, 0.15) is 15.8 Å². The van der Waals surface area contributed by atoms with Crippen molar-refractivity contribution in [2.75, 3.05) is 18.2 Å². The third-order valence-corrected chi connectivity index (χ3v) is 7.18. The zero-order valence-electron chi connectivity index (χ0n) is 18.5. The van der Waals surface area contributed by atoms with Crippen molar-refractivity contribution in [3.05, 3.63) is 65.4 Å². The number of anilines is 1. The fourth-order valence-electron chi connectivity index (χ4n) is 2.62. The fourth-order valence-corrected chi connectivity index (χ4v) is 4.58. The van der Waals surface area contributed by atoms with Crippen LogP contribution in [0.5, 0.6) is 0 Å². The number of hydrogen-bond acceptors (Lipinski definition) is 5. The molecule has 1 aromatic heterocycles. The average Bonchev–Trinajstić information content (AvgIpc) is 3.16. The molecule has 5 nitrogen and oxygen atoms in total. The summed E-state index contributed by atoms with van der Waals surface area (Å²) in [5.74, 6) is -1.55. The molecule has 3 aromatic rings. The molecule has 1 unspecified atom stereocenters. The van der Waals surface area contributed by atoms with Gasteiger partial charge in [0.15, 0.2) is 5.13 Å². The number of aryl methyl sites for hydroxylation is 1. The number of carbonyl (C=O) groups excluding carboxylic acids is 1. The molecule has 0 aliphatic rings. The minimum absolute atomic E-state index is 0.0244. The summed E-state index contributed by atoms with van der Waals surface area (Å²) in [5.41, 5.74) is 0.703. The molecular formula is C20H19F2N3O2S2. The Morgan fingerprint density at radius 1 is 1.28 bits per heavy atom. The minimum Gasteiger partial charge on any atom is -0.291 e. The van der Waals surface area contributed by atoms with Crippen molar-refractivity contribution in [3.8, 4) is 11.1 Å². The molecule has 0 aliphatic carbocycles. The highest BCUT2D eigenvalue weighted by Crippen LogP contribution is 2.30. The van der Waals surface area contributed by atoms with Crippen LogP contribution in [-0.2, 0) is 20.9 Å². The Hall–Kier alpha value is -2.65. The highest BCUT2D eigenvalue weighted by atomic mass is 32.2. The highest BCUT2D eigenvalue weighted by molar-refractivity contribution is 7.93. The summed E-state index contributed by atoms with van der Waals surface area (Å²) in [6.45, 7) is -2.67. The molecule has 29 heavy (non-hydrogen) atoms. The summed E-state index contributed by atoms with van der Waals surface area (Å²) in [7, 11) is -1.94. The van der Waals surface area contributed by atoms with Gasteiger partial charge in [-0.1, -0.05) is 35.6 Å². The predicted molar refractivity (Wildman–Crippen MR) is 111 cm³/mol. The first-order chi connectivity index (χ1) is 14.8. The van der Waals surface area contributed by atoms with E-state index in [-0.39, 0.29) is 21.3 Å². The summed E-state index contributed by atoms with van der Waals surface area (Å²) in [6.07, 6.45) is 1.03. The molecule has 0 saturated heterocycles. The molecule has 9 heteroatoms. The van der Waals surface area contributed by atoms with E-state index in [1.807, 2.05) is 0 Å². The largest absolute Gasteiger partial charge is 0.291 e. The van der Waals surface area contributed by atoms with Crippen molar-refractivity contribution >= 4 is 32.1 Å². The van der Waals surface area contributed by atoms with Crippen LogP contribution in [0.15, 0.2) is 46.7 Å². The van der Waals surface area contributed by atoms with Gasteiger partial charge in [0.05, 0.1) is 21.8 Å². The second-order valence-electron chi connectivity index (χ2n) is 6.43. The van der Waals surface area contributed by atoms with E-state index in [1.165, 1.54) is 7.05 Å². The summed E-state index contributed by atoms with van der Waals surface area (Å²) in [6, 6.07) is 9.51. The van der Waals surface area contributed by atoms with Gasteiger partial charge in [-0.3, -0.25) is 9.69 Å². The van der Waals surface area contributed by atoms with Gasteiger partial charge in [-0.2, -0.15) is 0 Å². The summed E-state index contributed by atoms with van der Waals surface area (Å²) >= 11 is 0.737. The molecule has 3 rings (SSSR count). The van der Waals surface area contributed by atoms with Crippen LogP contribution in [0.4, 0.5) is 13.9 Å². The minimum atomic E-state index is -3.35. The lowest BCUT2D eigenvalue weighted by Crippen LogP contribution is -2.27. The van der Waals surface area contributed by atoms with Gasteiger partial charge in [-0.05, 0) is 36.2 Å². The van der Waals surface area contributed by atoms with Gasteiger partial charge < -0.3 is 0 Å². The molecule has 1 amide bonds. The van der Waals surface area contributed by atoms with Gasteiger partial charge in [0, 0.05) is 23.0 Å². The number of benzene rings is 2. The lowest BCUT2D eigenvalue weighted by atomic mass is 10.0. The first-order valence-corrected chi connectivity index (χ1v) is 11.1. The third kappa shape index (κ3) is 4.68. The van der Waals surface area contributed by atoms with Crippen molar-refractivity contribution in [1.82, 2.24) is 4.98 Å². The first kappa shape index (κ1) is 17.2. The Labute approximate surface area is 176 Å². The first-order valence-electron chi connectivity index (χ1n) is 9.83. The molecule has 0 radical (unpaired) electrons. The van der Waals surface area contributed by atoms with Gasteiger partial charge in [0.25, 0.3) is 0 Å². The van der Waals surface area contributed by atoms with E-state index in [0.717, 1.165) is 40.7 Å². The maximum atomic E-state index is 14.0. The summed E-state index contributed by atoms with van der Waals surface area (Å²) in [4.78, 5) is 17.8. The van der Waals surface area contributed by atoms with E-state index in [1.54, 1.807) is 24.3 Å². The van der Waals surface area contributed by atoms with E-state index < -0.39 is 39.8 Å². The van der Waals surface area contributed by atoms with E-state index in [9.17, 15) is 17.8 Å². The summed E-state index contributed by atoms with van der Waals surface area (Å²) in [5, 5.41) is 0.0244. The van der Waals surface area contributed by atoms with Crippen LogP contribution in [0.1, 0.15) is 15.4 Å².